The van der Waals surface area contributed by atoms with Gasteiger partial charge in [0.1, 0.15) is 16.3 Å². The van der Waals surface area contributed by atoms with Crippen LogP contribution in [-0.2, 0) is 29.1 Å². The van der Waals surface area contributed by atoms with Crippen LogP contribution in [0, 0.1) is 5.92 Å². The third kappa shape index (κ3) is 3.20. The number of halogens is 1. The van der Waals surface area contributed by atoms with Crippen LogP contribution in [0.1, 0.15) is 44.5 Å². The second kappa shape index (κ2) is 6.68. The minimum absolute atomic E-state index is 0.210. The van der Waals surface area contributed by atoms with Gasteiger partial charge in [-0.2, -0.15) is 0 Å². The van der Waals surface area contributed by atoms with E-state index in [9.17, 15) is 0 Å². The molecule has 26 heavy (non-hydrogen) atoms. The molecule has 4 heterocycles. The van der Waals surface area contributed by atoms with Crippen molar-refractivity contribution in [3.05, 3.63) is 28.3 Å². The van der Waals surface area contributed by atoms with E-state index >= 15 is 0 Å². The number of rotatable bonds is 4. The van der Waals surface area contributed by atoms with Crippen molar-refractivity contribution in [2.24, 2.45) is 5.92 Å². The SMILES string of the molecule is CC(C)COCc1c2c(nc3sc4c(Cl)ncnc4c13)CC(C)(C)OC2. The van der Waals surface area contributed by atoms with Crippen molar-refractivity contribution in [1.29, 1.82) is 0 Å². The van der Waals surface area contributed by atoms with Gasteiger partial charge in [-0.1, -0.05) is 25.4 Å². The molecule has 0 amide bonds. The highest BCUT2D eigenvalue weighted by molar-refractivity contribution is 7.26. The lowest BCUT2D eigenvalue weighted by atomic mass is 9.92. The van der Waals surface area contributed by atoms with Gasteiger partial charge in [0.25, 0.3) is 0 Å². The second-order valence-electron chi connectivity index (χ2n) is 7.77. The van der Waals surface area contributed by atoms with Crippen LogP contribution in [0.4, 0.5) is 0 Å². The van der Waals surface area contributed by atoms with Crippen LogP contribution in [0.15, 0.2) is 6.33 Å². The fraction of sp³-hybridized carbons (Fsp3) is 0.526. The van der Waals surface area contributed by atoms with Crippen LogP contribution in [0.3, 0.4) is 0 Å². The maximum absolute atomic E-state index is 6.31. The van der Waals surface area contributed by atoms with Crippen molar-refractivity contribution in [2.45, 2.75) is 52.9 Å². The molecule has 0 fully saturated rings. The third-order valence-electron chi connectivity index (χ3n) is 4.56. The van der Waals surface area contributed by atoms with E-state index in [1.165, 1.54) is 6.33 Å². The van der Waals surface area contributed by atoms with Gasteiger partial charge in [0.2, 0.25) is 0 Å². The molecular formula is C19H22ClN3O2S. The smallest absolute Gasteiger partial charge is 0.150 e. The number of thiophene rings is 1. The first-order valence-electron chi connectivity index (χ1n) is 8.81. The standard InChI is InChI=1S/C19H22ClN3O2S/c1-10(2)6-24-7-12-11-8-25-19(3,4)5-13(11)23-18-14(12)15-16(26-18)17(20)22-9-21-15/h9-10H,5-8H2,1-4H3. The number of hydrogen-bond donors (Lipinski definition) is 0. The second-order valence-corrected chi connectivity index (χ2v) is 9.13. The molecule has 0 saturated carbocycles. The molecule has 0 aliphatic carbocycles. The molecule has 5 nitrogen and oxygen atoms in total. The molecule has 0 bridgehead atoms. The Balaban J connectivity index is 1.93. The highest BCUT2D eigenvalue weighted by Crippen LogP contribution is 2.41. The Morgan fingerprint density at radius 2 is 2.15 bits per heavy atom. The quantitative estimate of drug-likeness (QED) is 0.591. The first kappa shape index (κ1) is 18.0. The Morgan fingerprint density at radius 3 is 2.92 bits per heavy atom. The van der Waals surface area contributed by atoms with E-state index in [4.69, 9.17) is 26.1 Å². The summed E-state index contributed by atoms with van der Waals surface area (Å²) in [7, 11) is 0. The Bertz CT molecular complexity index is 984. The van der Waals surface area contributed by atoms with Crippen molar-refractivity contribution < 1.29 is 9.47 Å². The fourth-order valence-electron chi connectivity index (χ4n) is 3.33. The van der Waals surface area contributed by atoms with Crippen molar-refractivity contribution in [3.8, 4) is 0 Å². The predicted molar refractivity (Wildman–Crippen MR) is 105 cm³/mol. The molecule has 0 radical (unpaired) electrons. The van der Waals surface area contributed by atoms with Crippen molar-refractivity contribution in [2.75, 3.05) is 6.61 Å². The lowest BCUT2D eigenvalue weighted by Gasteiger charge is -2.32. The van der Waals surface area contributed by atoms with E-state index in [0.717, 1.165) is 43.7 Å². The summed E-state index contributed by atoms with van der Waals surface area (Å²) in [4.78, 5) is 14.5. The summed E-state index contributed by atoms with van der Waals surface area (Å²) >= 11 is 7.86. The molecule has 1 aliphatic rings. The molecule has 1 aliphatic heterocycles. The summed E-state index contributed by atoms with van der Waals surface area (Å²) in [6.07, 6.45) is 2.29. The van der Waals surface area contributed by atoms with Crippen LogP contribution in [0.2, 0.25) is 5.15 Å². The zero-order valence-electron chi connectivity index (χ0n) is 15.4. The average molecular weight is 392 g/mol. The normalized spacial score (nSPS) is 16.5. The molecule has 0 N–H and O–H groups in total. The summed E-state index contributed by atoms with van der Waals surface area (Å²) in [5.74, 6) is 0.481. The minimum atomic E-state index is -0.210. The summed E-state index contributed by atoms with van der Waals surface area (Å²) < 4.78 is 12.9. The zero-order chi connectivity index (χ0) is 18.5. The van der Waals surface area contributed by atoms with E-state index < -0.39 is 0 Å². The van der Waals surface area contributed by atoms with Gasteiger partial charge in [-0.05, 0) is 25.3 Å². The highest BCUT2D eigenvalue weighted by atomic mass is 35.5. The third-order valence-corrected chi connectivity index (χ3v) is 6.04. The van der Waals surface area contributed by atoms with E-state index in [1.807, 2.05) is 0 Å². The topological polar surface area (TPSA) is 57.1 Å². The lowest BCUT2D eigenvalue weighted by Crippen LogP contribution is -2.33. The van der Waals surface area contributed by atoms with E-state index in [0.29, 0.717) is 30.9 Å². The summed E-state index contributed by atoms with van der Waals surface area (Å²) in [6.45, 7) is 10.3. The number of aromatic nitrogens is 3. The first-order valence-corrected chi connectivity index (χ1v) is 10.00. The van der Waals surface area contributed by atoms with Crippen molar-refractivity contribution in [3.63, 3.8) is 0 Å². The van der Waals surface area contributed by atoms with E-state index in [1.54, 1.807) is 11.3 Å². The van der Waals surface area contributed by atoms with Crippen LogP contribution >= 0.6 is 22.9 Å². The molecule has 0 unspecified atom stereocenters. The molecule has 3 aromatic heterocycles. The van der Waals surface area contributed by atoms with Gasteiger partial charge >= 0.3 is 0 Å². The monoisotopic (exact) mass is 391 g/mol. The Kier molecular flexibility index (Phi) is 4.63. The number of hydrogen-bond acceptors (Lipinski definition) is 6. The predicted octanol–water partition coefficient (Wildman–Crippen LogP) is 4.92. The molecule has 3 aromatic rings. The summed E-state index contributed by atoms with van der Waals surface area (Å²) in [5.41, 5.74) is 4.00. The zero-order valence-corrected chi connectivity index (χ0v) is 17.0. The van der Waals surface area contributed by atoms with Gasteiger partial charge in [-0.3, -0.25) is 0 Å². The van der Waals surface area contributed by atoms with Gasteiger partial charge in [0, 0.05) is 24.0 Å². The van der Waals surface area contributed by atoms with Crippen LogP contribution in [0.25, 0.3) is 20.4 Å². The fourth-order valence-corrected chi connectivity index (χ4v) is 4.64. The number of pyridine rings is 1. The first-order chi connectivity index (χ1) is 12.4. The maximum atomic E-state index is 6.31. The Hall–Kier alpha value is -1.34. The van der Waals surface area contributed by atoms with Crippen LogP contribution in [0.5, 0.6) is 0 Å². The molecule has 0 spiro atoms. The van der Waals surface area contributed by atoms with E-state index in [2.05, 4.69) is 37.7 Å². The van der Waals surface area contributed by atoms with Gasteiger partial charge in [0.15, 0.2) is 0 Å². The summed E-state index contributed by atoms with van der Waals surface area (Å²) in [5, 5.41) is 1.50. The van der Waals surface area contributed by atoms with E-state index in [-0.39, 0.29) is 5.60 Å². The van der Waals surface area contributed by atoms with Crippen molar-refractivity contribution >= 4 is 43.4 Å². The highest BCUT2D eigenvalue weighted by Gasteiger charge is 2.31. The van der Waals surface area contributed by atoms with Crippen LogP contribution in [-0.4, -0.2) is 27.2 Å². The van der Waals surface area contributed by atoms with Gasteiger partial charge in [0.05, 0.1) is 34.7 Å². The van der Waals surface area contributed by atoms with Gasteiger partial charge < -0.3 is 9.47 Å². The largest absolute Gasteiger partial charge is 0.376 e. The number of nitrogens with zero attached hydrogens (tertiary/aromatic N) is 3. The molecule has 0 atom stereocenters. The minimum Gasteiger partial charge on any atom is -0.376 e. The Labute approximate surface area is 161 Å². The Morgan fingerprint density at radius 1 is 1.35 bits per heavy atom. The average Bonchev–Trinajstić information content (AvgIpc) is 2.92. The maximum Gasteiger partial charge on any atom is 0.150 e. The van der Waals surface area contributed by atoms with Crippen LogP contribution < -0.4 is 0 Å². The summed E-state index contributed by atoms with van der Waals surface area (Å²) in [6, 6.07) is 0. The van der Waals surface area contributed by atoms with Gasteiger partial charge in [-0.15, -0.1) is 11.3 Å². The lowest BCUT2D eigenvalue weighted by molar-refractivity contribution is -0.0422. The number of ether oxygens (including phenoxy) is 2. The molecule has 4 rings (SSSR count). The molecule has 0 aromatic carbocycles. The molecular weight excluding hydrogens is 370 g/mol. The molecule has 138 valence electrons. The van der Waals surface area contributed by atoms with Crippen molar-refractivity contribution in [1.82, 2.24) is 15.0 Å². The number of fused-ring (bicyclic) bond motifs is 4. The molecule has 0 saturated heterocycles. The van der Waals surface area contributed by atoms with Gasteiger partial charge in [-0.25, -0.2) is 15.0 Å². The molecule has 7 heteroatoms.